The summed E-state index contributed by atoms with van der Waals surface area (Å²) in [6, 6.07) is 2.05. The van der Waals surface area contributed by atoms with Gasteiger partial charge in [-0.2, -0.15) is 0 Å². The van der Waals surface area contributed by atoms with Crippen LogP contribution >= 0.6 is 31.9 Å². The Labute approximate surface area is 133 Å². The minimum atomic E-state index is 0.849. The lowest BCUT2D eigenvalue weighted by molar-refractivity contribution is 0.262. The highest BCUT2D eigenvalue weighted by atomic mass is 79.9. The predicted molar refractivity (Wildman–Crippen MR) is 87.1 cm³/mol. The normalized spacial score (nSPS) is 23.5. The van der Waals surface area contributed by atoms with E-state index in [0.717, 1.165) is 39.6 Å². The summed E-state index contributed by atoms with van der Waals surface area (Å²) in [5.74, 6) is 1.84. The monoisotopic (exact) mass is 388 g/mol. The van der Waals surface area contributed by atoms with Crippen LogP contribution in [0.15, 0.2) is 21.2 Å². The van der Waals surface area contributed by atoms with E-state index >= 15 is 0 Å². The van der Waals surface area contributed by atoms with Crippen LogP contribution in [0.3, 0.4) is 0 Å². The zero-order chi connectivity index (χ0) is 13.7. The number of nitrogens with one attached hydrogen (secondary N) is 1. The lowest BCUT2D eigenvalue weighted by atomic mass is 9.81. The number of rotatable bonds is 5. The summed E-state index contributed by atoms with van der Waals surface area (Å²) in [7, 11) is 0. The molecule has 0 bridgehead atoms. The second-order valence-electron chi connectivity index (χ2n) is 5.51. The quantitative estimate of drug-likeness (QED) is 0.773. The molecule has 1 saturated carbocycles. The minimum Gasteiger partial charge on any atom is -0.311 e. The number of pyridine rings is 1. The molecule has 1 aliphatic carbocycles. The molecule has 0 aliphatic heterocycles. The molecule has 2 rings (SSSR count). The van der Waals surface area contributed by atoms with Gasteiger partial charge in [-0.05, 0) is 69.1 Å². The summed E-state index contributed by atoms with van der Waals surface area (Å²) in [5, 5.41) is 3.56. The third-order valence-electron chi connectivity index (χ3n) is 4.15. The molecule has 19 heavy (non-hydrogen) atoms. The van der Waals surface area contributed by atoms with E-state index in [9.17, 15) is 0 Å². The van der Waals surface area contributed by atoms with Gasteiger partial charge < -0.3 is 5.32 Å². The molecule has 0 spiro atoms. The first-order valence-corrected chi connectivity index (χ1v) is 8.78. The molecule has 1 heterocycles. The first kappa shape index (κ1) is 15.5. The van der Waals surface area contributed by atoms with Gasteiger partial charge >= 0.3 is 0 Å². The average Bonchev–Trinajstić information content (AvgIpc) is 2.42. The van der Waals surface area contributed by atoms with Crippen molar-refractivity contribution >= 4 is 31.9 Å². The topological polar surface area (TPSA) is 24.9 Å². The molecule has 0 amide bonds. The Kier molecular flexibility index (Phi) is 6.30. The van der Waals surface area contributed by atoms with Crippen LogP contribution < -0.4 is 5.32 Å². The Morgan fingerprint density at radius 1 is 1.21 bits per heavy atom. The van der Waals surface area contributed by atoms with Crippen molar-refractivity contribution in [2.24, 2.45) is 11.8 Å². The first-order valence-electron chi connectivity index (χ1n) is 7.19. The van der Waals surface area contributed by atoms with E-state index in [1.807, 2.05) is 6.20 Å². The molecule has 1 aromatic heterocycles. The van der Waals surface area contributed by atoms with E-state index in [2.05, 4.69) is 55.2 Å². The van der Waals surface area contributed by atoms with Crippen LogP contribution in [0.5, 0.6) is 0 Å². The van der Waals surface area contributed by atoms with Crippen LogP contribution in [0.25, 0.3) is 0 Å². The third kappa shape index (κ3) is 4.83. The average molecular weight is 390 g/mol. The van der Waals surface area contributed by atoms with E-state index < -0.39 is 0 Å². The summed E-state index contributed by atoms with van der Waals surface area (Å²) in [4.78, 5) is 4.43. The Hall–Kier alpha value is 0.0700. The molecular weight excluding hydrogens is 368 g/mol. The number of aromatic nitrogens is 1. The van der Waals surface area contributed by atoms with Crippen molar-refractivity contribution < 1.29 is 0 Å². The van der Waals surface area contributed by atoms with Gasteiger partial charge in [0.05, 0.1) is 5.69 Å². The fraction of sp³-hybridized carbons (Fsp3) is 0.667. The molecule has 1 fully saturated rings. The molecule has 0 radical (unpaired) electrons. The van der Waals surface area contributed by atoms with Gasteiger partial charge in [0, 0.05) is 21.7 Å². The Morgan fingerprint density at radius 3 is 2.53 bits per heavy atom. The third-order valence-corrected chi connectivity index (χ3v) is 5.27. The van der Waals surface area contributed by atoms with Gasteiger partial charge in [-0.1, -0.05) is 26.2 Å². The Bertz CT molecular complexity index is 401. The van der Waals surface area contributed by atoms with Crippen molar-refractivity contribution in [1.29, 1.82) is 0 Å². The molecular formula is C15H22Br2N2. The molecule has 1 aliphatic rings. The van der Waals surface area contributed by atoms with Gasteiger partial charge in [0.2, 0.25) is 0 Å². The van der Waals surface area contributed by atoms with E-state index in [0.29, 0.717) is 0 Å². The van der Waals surface area contributed by atoms with E-state index in [-0.39, 0.29) is 0 Å². The molecule has 1 N–H and O–H groups in total. The largest absolute Gasteiger partial charge is 0.311 e. The van der Waals surface area contributed by atoms with Crippen molar-refractivity contribution in [2.45, 2.75) is 45.6 Å². The van der Waals surface area contributed by atoms with Gasteiger partial charge in [-0.3, -0.25) is 4.98 Å². The SMILES string of the molecule is CCC1CCC(CNCc2ncc(Br)cc2Br)CC1. The lowest BCUT2D eigenvalue weighted by Gasteiger charge is -2.27. The van der Waals surface area contributed by atoms with Crippen molar-refractivity contribution in [3.63, 3.8) is 0 Å². The molecule has 1 aromatic rings. The van der Waals surface area contributed by atoms with Crippen LogP contribution in [0, 0.1) is 11.8 Å². The van der Waals surface area contributed by atoms with Gasteiger partial charge in [-0.25, -0.2) is 0 Å². The fourth-order valence-electron chi connectivity index (χ4n) is 2.81. The second kappa shape index (κ2) is 7.75. The number of hydrogen-bond acceptors (Lipinski definition) is 2. The van der Waals surface area contributed by atoms with Crippen LogP contribution in [0.4, 0.5) is 0 Å². The van der Waals surface area contributed by atoms with Crippen molar-refractivity contribution in [3.05, 3.63) is 26.9 Å². The molecule has 2 nitrogen and oxygen atoms in total. The predicted octanol–water partition coefficient (Wildman–Crippen LogP) is 4.91. The summed E-state index contributed by atoms with van der Waals surface area (Å²) in [6.45, 7) is 4.29. The van der Waals surface area contributed by atoms with E-state index in [4.69, 9.17) is 0 Å². The van der Waals surface area contributed by atoms with Crippen molar-refractivity contribution in [3.8, 4) is 0 Å². The zero-order valence-electron chi connectivity index (χ0n) is 11.5. The van der Waals surface area contributed by atoms with Gasteiger partial charge in [0.1, 0.15) is 0 Å². The van der Waals surface area contributed by atoms with Crippen molar-refractivity contribution in [1.82, 2.24) is 10.3 Å². The summed E-state index contributed by atoms with van der Waals surface area (Å²) in [6.07, 6.45) is 8.83. The molecule has 4 heteroatoms. The van der Waals surface area contributed by atoms with Crippen molar-refractivity contribution in [2.75, 3.05) is 6.54 Å². The van der Waals surface area contributed by atoms with Crippen LogP contribution in [-0.2, 0) is 6.54 Å². The molecule has 0 aromatic carbocycles. The fourth-order valence-corrected chi connectivity index (χ4v) is 3.94. The van der Waals surface area contributed by atoms with Gasteiger partial charge in [-0.15, -0.1) is 0 Å². The van der Waals surface area contributed by atoms with Crippen LogP contribution in [-0.4, -0.2) is 11.5 Å². The van der Waals surface area contributed by atoms with Gasteiger partial charge in [0.25, 0.3) is 0 Å². The maximum atomic E-state index is 4.43. The van der Waals surface area contributed by atoms with Crippen LogP contribution in [0.2, 0.25) is 0 Å². The molecule has 0 unspecified atom stereocenters. The minimum absolute atomic E-state index is 0.849. The van der Waals surface area contributed by atoms with E-state index in [1.54, 1.807) is 0 Å². The highest BCUT2D eigenvalue weighted by Crippen LogP contribution is 2.30. The maximum absolute atomic E-state index is 4.43. The standard InChI is InChI=1S/C15H22Br2N2/c1-2-11-3-5-12(6-4-11)8-18-10-15-14(17)7-13(16)9-19-15/h7,9,11-12,18H,2-6,8,10H2,1H3. The van der Waals surface area contributed by atoms with Crippen LogP contribution in [0.1, 0.15) is 44.7 Å². The highest BCUT2D eigenvalue weighted by molar-refractivity contribution is 9.11. The number of halogens is 2. The summed E-state index contributed by atoms with van der Waals surface area (Å²) >= 11 is 6.98. The van der Waals surface area contributed by atoms with Gasteiger partial charge in [0.15, 0.2) is 0 Å². The second-order valence-corrected chi connectivity index (χ2v) is 7.28. The number of nitrogens with zero attached hydrogens (tertiary/aromatic N) is 1. The smallest absolute Gasteiger partial charge is 0.0684 e. The maximum Gasteiger partial charge on any atom is 0.0684 e. The molecule has 106 valence electrons. The summed E-state index contributed by atoms with van der Waals surface area (Å²) < 4.78 is 2.09. The lowest BCUT2D eigenvalue weighted by Crippen LogP contribution is -2.26. The zero-order valence-corrected chi connectivity index (χ0v) is 14.6. The highest BCUT2D eigenvalue weighted by Gasteiger charge is 2.19. The van der Waals surface area contributed by atoms with E-state index in [1.165, 1.54) is 32.1 Å². The Balaban J connectivity index is 1.72. The molecule has 0 saturated heterocycles. The Morgan fingerprint density at radius 2 is 1.89 bits per heavy atom. The first-order chi connectivity index (χ1) is 9.19. The molecule has 0 atom stereocenters. The summed E-state index contributed by atoms with van der Waals surface area (Å²) in [5.41, 5.74) is 1.09. The number of hydrogen-bond donors (Lipinski definition) is 1.